The van der Waals surface area contributed by atoms with E-state index in [4.69, 9.17) is 0 Å². The Morgan fingerprint density at radius 1 is 1.39 bits per heavy atom. The van der Waals surface area contributed by atoms with Crippen molar-refractivity contribution in [3.8, 4) is 0 Å². The third kappa shape index (κ3) is 3.28. The molecule has 0 saturated carbocycles. The molecule has 1 aliphatic rings. The van der Waals surface area contributed by atoms with Crippen LogP contribution in [0, 0.1) is 6.92 Å². The number of benzene rings is 1. The average molecular weight is 314 g/mol. The Labute approximate surface area is 135 Å². The summed E-state index contributed by atoms with van der Waals surface area (Å²) in [6.45, 7) is 2.67. The van der Waals surface area contributed by atoms with Crippen LogP contribution in [0.15, 0.2) is 24.5 Å². The molecule has 1 aliphatic heterocycles. The minimum atomic E-state index is -0.183. The zero-order valence-corrected chi connectivity index (χ0v) is 13.7. The Balaban J connectivity index is 1.63. The standard InChI is InChI=1S/C16H22N6O/c1-11-13(5-4-6-14(11)21(2)3)20-16(23)19-12-7-8-15-17-10-18-22(15)9-12/h4-6,10,12H,7-9H2,1-3H3,(H2,19,20,23). The lowest BCUT2D eigenvalue weighted by atomic mass is 10.1. The molecule has 0 aliphatic carbocycles. The fourth-order valence-electron chi connectivity index (χ4n) is 2.94. The van der Waals surface area contributed by atoms with Gasteiger partial charge in [0.15, 0.2) is 0 Å². The van der Waals surface area contributed by atoms with Crippen LogP contribution in [0.4, 0.5) is 16.2 Å². The lowest BCUT2D eigenvalue weighted by molar-refractivity contribution is 0.243. The second-order valence-electron chi connectivity index (χ2n) is 6.04. The van der Waals surface area contributed by atoms with E-state index in [0.717, 1.165) is 35.6 Å². The Morgan fingerprint density at radius 2 is 2.22 bits per heavy atom. The van der Waals surface area contributed by atoms with Crippen molar-refractivity contribution in [1.29, 1.82) is 0 Å². The molecule has 2 heterocycles. The molecule has 7 heteroatoms. The highest BCUT2D eigenvalue weighted by Gasteiger charge is 2.21. The quantitative estimate of drug-likeness (QED) is 0.906. The maximum atomic E-state index is 12.3. The Kier molecular flexibility index (Phi) is 4.18. The molecule has 7 nitrogen and oxygen atoms in total. The first-order valence-electron chi connectivity index (χ1n) is 7.75. The average Bonchev–Trinajstić information content (AvgIpc) is 2.96. The zero-order chi connectivity index (χ0) is 16.4. The number of carbonyl (C=O) groups is 1. The lowest BCUT2D eigenvalue weighted by Crippen LogP contribution is -2.43. The van der Waals surface area contributed by atoms with Crippen LogP contribution in [0.25, 0.3) is 0 Å². The predicted molar refractivity (Wildman–Crippen MR) is 89.8 cm³/mol. The third-order valence-corrected chi connectivity index (χ3v) is 4.18. The molecule has 1 aromatic heterocycles. The molecule has 1 unspecified atom stereocenters. The third-order valence-electron chi connectivity index (χ3n) is 4.18. The molecule has 2 aromatic rings. The first kappa shape index (κ1) is 15.3. The molecule has 2 N–H and O–H groups in total. The van der Waals surface area contributed by atoms with Gasteiger partial charge in [-0.1, -0.05) is 6.07 Å². The van der Waals surface area contributed by atoms with Crippen molar-refractivity contribution in [1.82, 2.24) is 20.1 Å². The number of nitrogens with zero attached hydrogens (tertiary/aromatic N) is 4. The van der Waals surface area contributed by atoms with Crippen molar-refractivity contribution in [2.24, 2.45) is 0 Å². The molecule has 0 saturated heterocycles. The summed E-state index contributed by atoms with van der Waals surface area (Å²) in [7, 11) is 3.98. The van der Waals surface area contributed by atoms with Gasteiger partial charge in [0.05, 0.1) is 12.6 Å². The molecule has 0 spiro atoms. The molecule has 3 rings (SSSR count). The number of aromatic nitrogens is 3. The maximum absolute atomic E-state index is 12.3. The molecule has 1 atom stereocenters. The van der Waals surface area contributed by atoms with Crippen molar-refractivity contribution in [2.75, 3.05) is 24.3 Å². The summed E-state index contributed by atoms with van der Waals surface area (Å²) in [6.07, 6.45) is 3.27. The van der Waals surface area contributed by atoms with Crippen molar-refractivity contribution in [3.05, 3.63) is 35.9 Å². The normalized spacial score (nSPS) is 16.6. The summed E-state index contributed by atoms with van der Waals surface area (Å²) >= 11 is 0. The van der Waals surface area contributed by atoms with Gasteiger partial charge < -0.3 is 15.5 Å². The van der Waals surface area contributed by atoms with Crippen LogP contribution in [0.1, 0.15) is 17.8 Å². The molecule has 2 amide bonds. The van der Waals surface area contributed by atoms with Gasteiger partial charge in [-0.15, -0.1) is 0 Å². The van der Waals surface area contributed by atoms with Gasteiger partial charge in [0.1, 0.15) is 12.2 Å². The highest BCUT2D eigenvalue weighted by Crippen LogP contribution is 2.25. The highest BCUT2D eigenvalue weighted by atomic mass is 16.2. The number of fused-ring (bicyclic) bond motifs is 1. The number of anilines is 2. The SMILES string of the molecule is Cc1c(NC(=O)NC2CCc3ncnn3C2)cccc1N(C)C. The minimum Gasteiger partial charge on any atom is -0.377 e. The van der Waals surface area contributed by atoms with E-state index < -0.39 is 0 Å². The van der Waals surface area contributed by atoms with Gasteiger partial charge in [0, 0.05) is 31.9 Å². The van der Waals surface area contributed by atoms with Crippen LogP contribution in [-0.4, -0.2) is 40.9 Å². The molecule has 0 fully saturated rings. The fraction of sp³-hybridized carbons (Fsp3) is 0.438. The Hall–Kier alpha value is -2.57. The van der Waals surface area contributed by atoms with Crippen LogP contribution < -0.4 is 15.5 Å². The molecule has 23 heavy (non-hydrogen) atoms. The van der Waals surface area contributed by atoms with Crippen LogP contribution >= 0.6 is 0 Å². The van der Waals surface area contributed by atoms with Crippen LogP contribution in [0.5, 0.6) is 0 Å². The van der Waals surface area contributed by atoms with E-state index in [0.29, 0.717) is 6.54 Å². The summed E-state index contributed by atoms with van der Waals surface area (Å²) < 4.78 is 1.85. The molecule has 1 aromatic carbocycles. The lowest BCUT2D eigenvalue weighted by Gasteiger charge is -2.24. The second kappa shape index (κ2) is 6.28. The van der Waals surface area contributed by atoms with Gasteiger partial charge in [0.25, 0.3) is 0 Å². The number of carbonyl (C=O) groups excluding carboxylic acids is 1. The topological polar surface area (TPSA) is 75.1 Å². The number of hydrogen-bond acceptors (Lipinski definition) is 4. The highest BCUT2D eigenvalue weighted by molar-refractivity contribution is 5.91. The van der Waals surface area contributed by atoms with Crippen molar-refractivity contribution < 1.29 is 4.79 Å². The summed E-state index contributed by atoms with van der Waals surface area (Å²) in [4.78, 5) is 18.5. The minimum absolute atomic E-state index is 0.0709. The van der Waals surface area contributed by atoms with Crippen LogP contribution in [0.3, 0.4) is 0 Å². The van der Waals surface area contributed by atoms with E-state index in [-0.39, 0.29) is 12.1 Å². The number of urea groups is 1. The van der Waals surface area contributed by atoms with Gasteiger partial charge in [0.2, 0.25) is 0 Å². The number of amides is 2. The summed E-state index contributed by atoms with van der Waals surface area (Å²) in [6, 6.07) is 5.78. The molecule has 122 valence electrons. The van der Waals surface area contributed by atoms with Gasteiger partial charge >= 0.3 is 6.03 Å². The largest absolute Gasteiger partial charge is 0.377 e. The number of hydrogen-bond donors (Lipinski definition) is 2. The van der Waals surface area contributed by atoms with Crippen LogP contribution in [-0.2, 0) is 13.0 Å². The number of nitrogens with one attached hydrogen (secondary N) is 2. The molecular weight excluding hydrogens is 292 g/mol. The van der Waals surface area contributed by atoms with E-state index in [2.05, 4.69) is 20.7 Å². The van der Waals surface area contributed by atoms with Crippen molar-refractivity contribution in [2.45, 2.75) is 32.4 Å². The molecule has 0 bridgehead atoms. The zero-order valence-electron chi connectivity index (χ0n) is 13.7. The van der Waals surface area contributed by atoms with E-state index in [1.165, 1.54) is 0 Å². The van der Waals surface area contributed by atoms with E-state index in [1.54, 1.807) is 6.33 Å². The number of rotatable bonds is 3. The first-order valence-corrected chi connectivity index (χ1v) is 7.75. The van der Waals surface area contributed by atoms with Crippen molar-refractivity contribution >= 4 is 17.4 Å². The smallest absolute Gasteiger partial charge is 0.319 e. The fourth-order valence-corrected chi connectivity index (χ4v) is 2.94. The van der Waals surface area contributed by atoms with Crippen LogP contribution in [0.2, 0.25) is 0 Å². The summed E-state index contributed by atoms with van der Waals surface area (Å²) in [5.41, 5.74) is 2.97. The summed E-state index contributed by atoms with van der Waals surface area (Å²) in [5.74, 6) is 0.984. The Morgan fingerprint density at radius 3 is 3.00 bits per heavy atom. The monoisotopic (exact) mass is 314 g/mol. The van der Waals surface area contributed by atoms with Gasteiger partial charge in [-0.05, 0) is 31.0 Å². The summed E-state index contributed by atoms with van der Waals surface area (Å²) in [5, 5.41) is 10.1. The maximum Gasteiger partial charge on any atom is 0.319 e. The predicted octanol–water partition coefficient (Wildman–Crippen LogP) is 1.79. The Bertz CT molecular complexity index is 708. The van der Waals surface area contributed by atoms with Crippen molar-refractivity contribution in [3.63, 3.8) is 0 Å². The number of aryl methyl sites for hydroxylation is 1. The first-order chi connectivity index (χ1) is 11.0. The molecular formula is C16H22N6O. The van der Waals surface area contributed by atoms with Gasteiger partial charge in [-0.25, -0.2) is 14.5 Å². The van der Waals surface area contributed by atoms with Gasteiger partial charge in [-0.2, -0.15) is 5.10 Å². The van der Waals surface area contributed by atoms with Gasteiger partial charge in [-0.3, -0.25) is 0 Å². The van der Waals surface area contributed by atoms with E-state index in [9.17, 15) is 4.79 Å². The second-order valence-corrected chi connectivity index (χ2v) is 6.04. The molecule has 0 radical (unpaired) electrons. The van der Waals surface area contributed by atoms with E-state index >= 15 is 0 Å². The van der Waals surface area contributed by atoms with E-state index in [1.807, 2.05) is 48.8 Å².